The van der Waals surface area contributed by atoms with Crippen LogP contribution in [0, 0.1) is 11.3 Å². The van der Waals surface area contributed by atoms with E-state index in [1.165, 1.54) is 17.2 Å². The quantitative estimate of drug-likeness (QED) is 0.773. The lowest BCUT2D eigenvalue weighted by Gasteiger charge is -2.05. The SMILES string of the molecule is N#Cc1ccc(NC(=O)Cc2ccc(-n3cnnn3)cc2)nc1. The summed E-state index contributed by atoms with van der Waals surface area (Å²) >= 11 is 0. The number of nitrogens with zero attached hydrogens (tertiary/aromatic N) is 6. The van der Waals surface area contributed by atoms with Crippen LogP contribution in [0.1, 0.15) is 11.1 Å². The van der Waals surface area contributed by atoms with Gasteiger partial charge in [0.1, 0.15) is 18.2 Å². The second-order valence-corrected chi connectivity index (χ2v) is 4.69. The number of aromatic nitrogens is 5. The molecule has 0 radical (unpaired) electrons. The largest absolute Gasteiger partial charge is 0.310 e. The molecule has 112 valence electrons. The van der Waals surface area contributed by atoms with Gasteiger partial charge in [0.05, 0.1) is 17.7 Å². The zero-order valence-electron chi connectivity index (χ0n) is 11.9. The fourth-order valence-corrected chi connectivity index (χ4v) is 1.95. The first-order valence-electron chi connectivity index (χ1n) is 6.73. The number of tetrazole rings is 1. The average Bonchev–Trinajstić information content (AvgIpc) is 3.11. The molecule has 23 heavy (non-hydrogen) atoms. The number of benzene rings is 1. The summed E-state index contributed by atoms with van der Waals surface area (Å²) in [5.41, 5.74) is 2.11. The molecule has 0 spiro atoms. The highest BCUT2D eigenvalue weighted by Crippen LogP contribution is 2.10. The maximum atomic E-state index is 12.0. The Hall–Kier alpha value is -3.60. The molecular formula is C15H11N7O. The summed E-state index contributed by atoms with van der Waals surface area (Å²) in [7, 11) is 0. The van der Waals surface area contributed by atoms with Crippen molar-refractivity contribution in [2.24, 2.45) is 0 Å². The summed E-state index contributed by atoms with van der Waals surface area (Å²) in [4.78, 5) is 16.0. The molecule has 0 bridgehead atoms. The molecule has 0 saturated carbocycles. The number of carbonyl (C=O) groups is 1. The number of hydrogen-bond donors (Lipinski definition) is 1. The molecule has 0 aliphatic carbocycles. The van der Waals surface area contributed by atoms with Gasteiger partial charge >= 0.3 is 0 Å². The number of nitrogens with one attached hydrogen (secondary N) is 1. The molecule has 8 nitrogen and oxygen atoms in total. The number of anilines is 1. The van der Waals surface area contributed by atoms with Gasteiger partial charge in [-0.05, 0) is 40.3 Å². The third kappa shape index (κ3) is 3.54. The molecule has 3 rings (SSSR count). The van der Waals surface area contributed by atoms with E-state index in [1.807, 2.05) is 30.3 Å². The van der Waals surface area contributed by atoms with Crippen LogP contribution in [0.15, 0.2) is 48.9 Å². The molecule has 0 saturated heterocycles. The lowest BCUT2D eigenvalue weighted by atomic mass is 10.1. The van der Waals surface area contributed by atoms with Crippen LogP contribution in [0.2, 0.25) is 0 Å². The molecule has 2 heterocycles. The molecule has 8 heteroatoms. The van der Waals surface area contributed by atoms with Crippen LogP contribution >= 0.6 is 0 Å². The Labute approximate surface area is 131 Å². The molecule has 0 aliphatic heterocycles. The van der Waals surface area contributed by atoms with Crippen molar-refractivity contribution >= 4 is 11.7 Å². The summed E-state index contributed by atoms with van der Waals surface area (Å²) in [6, 6.07) is 12.5. The van der Waals surface area contributed by atoms with Gasteiger partial charge < -0.3 is 5.32 Å². The summed E-state index contributed by atoms with van der Waals surface area (Å²) in [5.74, 6) is 0.233. The molecule has 1 N–H and O–H groups in total. The van der Waals surface area contributed by atoms with Crippen molar-refractivity contribution in [2.75, 3.05) is 5.32 Å². The Balaban J connectivity index is 1.62. The zero-order valence-corrected chi connectivity index (χ0v) is 11.9. The Bertz CT molecular complexity index is 833. The fraction of sp³-hybridized carbons (Fsp3) is 0.0667. The molecule has 0 unspecified atom stereocenters. The summed E-state index contributed by atoms with van der Waals surface area (Å²) in [6.07, 6.45) is 3.13. The summed E-state index contributed by atoms with van der Waals surface area (Å²) in [5, 5.41) is 22.3. The summed E-state index contributed by atoms with van der Waals surface area (Å²) < 4.78 is 1.53. The van der Waals surface area contributed by atoms with E-state index < -0.39 is 0 Å². The normalized spacial score (nSPS) is 10.0. The van der Waals surface area contributed by atoms with Gasteiger partial charge in [0, 0.05) is 6.20 Å². The van der Waals surface area contributed by atoms with Crippen LogP contribution < -0.4 is 5.32 Å². The highest BCUT2D eigenvalue weighted by Gasteiger charge is 2.06. The first-order chi connectivity index (χ1) is 11.2. The molecule has 2 aromatic heterocycles. The molecule has 1 amide bonds. The van der Waals surface area contributed by atoms with Crippen LogP contribution in [0.25, 0.3) is 5.69 Å². The number of nitriles is 1. The smallest absolute Gasteiger partial charge is 0.229 e. The van der Waals surface area contributed by atoms with Crippen LogP contribution in [-0.2, 0) is 11.2 Å². The molecular weight excluding hydrogens is 294 g/mol. The third-order valence-corrected chi connectivity index (χ3v) is 3.07. The number of carbonyl (C=O) groups excluding carboxylic acids is 1. The van der Waals surface area contributed by atoms with E-state index in [2.05, 4.69) is 25.8 Å². The average molecular weight is 305 g/mol. The number of rotatable bonds is 4. The van der Waals surface area contributed by atoms with Gasteiger partial charge in [-0.2, -0.15) is 5.26 Å². The predicted octanol–water partition coefficient (Wildman–Crippen LogP) is 1.11. The molecule has 1 aromatic carbocycles. The van der Waals surface area contributed by atoms with Gasteiger partial charge in [0.25, 0.3) is 0 Å². The lowest BCUT2D eigenvalue weighted by molar-refractivity contribution is -0.115. The minimum Gasteiger partial charge on any atom is -0.310 e. The Morgan fingerprint density at radius 2 is 2.04 bits per heavy atom. The number of pyridine rings is 1. The zero-order chi connectivity index (χ0) is 16.1. The van der Waals surface area contributed by atoms with Gasteiger partial charge in [0.15, 0.2) is 0 Å². The minimum atomic E-state index is -0.183. The van der Waals surface area contributed by atoms with E-state index in [-0.39, 0.29) is 12.3 Å². The van der Waals surface area contributed by atoms with Gasteiger partial charge in [-0.1, -0.05) is 12.1 Å². The molecule has 0 atom stereocenters. The number of amides is 1. The fourth-order valence-electron chi connectivity index (χ4n) is 1.95. The maximum absolute atomic E-state index is 12.0. The third-order valence-electron chi connectivity index (χ3n) is 3.07. The standard InChI is InChI=1S/C15H11N7O/c16-8-12-3-6-14(17-9-12)19-15(23)7-11-1-4-13(5-2-11)22-10-18-20-21-22/h1-6,9-10H,7H2,(H,17,19,23). The van der Waals surface area contributed by atoms with E-state index in [4.69, 9.17) is 5.26 Å². The van der Waals surface area contributed by atoms with Gasteiger partial charge in [-0.3, -0.25) is 4.79 Å². The van der Waals surface area contributed by atoms with Crippen LogP contribution in [-0.4, -0.2) is 31.1 Å². The highest BCUT2D eigenvalue weighted by atomic mass is 16.1. The van der Waals surface area contributed by atoms with Gasteiger partial charge in [0.2, 0.25) is 5.91 Å². The van der Waals surface area contributed by atoms with Crippen molar-refractivity contribution in [1.82, 2.24) is 25.2 Å². The van der Waals surface area contributed by atoms with Gasteiger partial charge in [-0.15, -0.1) is 5.10 Å². The summed E-state index contributed by atoms with van der Waals surface area (Å²) in [6.45, 7) is 0. The lowest BCUT2D eigenvalue weighted by Crippen LogP contribution is -2.15. The topological polar surface area (TPSA) is 109 Å². The Morgan fingerprint density at radius 3 is 2.65 bits per heavy atom. The van der Waals surface area contributed by atoms with E-state index in [9.17, 15) is 4.79 Å². The van der Waals surface area contributed by atoms with E-state index in [0.717, 1.165) is 11.3 Å². The second-order valence-electron chi connectivity index (χ2n) is 4.69. The van der Waals surface area contributed by atoms with Crippen LogP contribution in [0.4, 0.5) is 5.82 Å². The highest BCUT2D eigenvalue weighted by molar-refractivity contribution is 5.91. The van der Waals surface area contributed by atoms with Crippen LogP contribution in [0.3, 0.4) is 0 Å². The van der Waals surface area contributed by atoms with Crippen molar-refractivity contribution in [2.45, 2.75) is 6.42 Å². The molecule has 0 fully saturated rings. The Morgan fingerprint density at radius 1 is 1.22 bits per heavy atom. The van der Waals surface area contributed by atoms with Crippen molar-refractivity contribution in [1.29, 1.82) is 5.26 Å². The van der Waals surface area contributed by atoms with Crippen molar-refractivity contribution in [3.63, 3.8) is 0 Å². The van der Waals surface area contributed by atoms with E-state index in [0.29, 0.717) is 11.4 Å². The maximum Gasteiger partial charge on any atom is 0.229 e. The first-order valence-corrected chi connectivity index (χ1v) is 6.73. The van der Waals surface area contributed by atoms with E-state index >= 15 is 0 Å². The molecule has 3 aromatic rings. The van der Waals surface area contributed by atoms with Crippen molar-refractivity contribution < 1.29 is 4.79 Å². The Kier molecular flexibility index (Phi) is 4.02. The van der Waals surface area contributed by atoms with Crippen LogP contribution in [0.5, 0.6) is 0 Å². The second kappa shape index (κ2) is 6.44. The van der Waals surface area contributed by atoms with Crippen molar-refractivity contribution in [3.8, 4) is 11.8 Å². The first kappa shape index (κ1) is 14.3. The van der Waals surface area contributed by atoms with E-state index in [1.54, 1.807) is 12.1 Å². The minimum absolute atomic E-state index is 0.183. The molecule has 0 aliphatic rings. The number of hydrogen-bond acceptors (Lipinski definition) is 6. The monoisotopic (exact) mass is 305 g/mol. The van der Waals surface area contributed by atoms with Gasteiger partial charge in [-0.25, -0.2) is 9.67 Å². The van der Waals surface area contributed by atoms with Crippen molar-refractivity contribution in [3.05, 3.63) is 60.0 Å². The predicted molar refractivity (Wildman–Crippen MR) is 80.4 cm³/mol.